The van der Waals surface area contributed by atoms with Gasteiger partial charge in [-0.3, -0.25) is 14.5 Å². The fourth-order valence-corrected chi connectivity index (χ4v) is 3.58. The normalized spacial score (nSPS) is 11.0. The van der Waals surface area contributed by atoms with Crippen molar-refractivity contribution in [2.45, 2.75) is 26.3 Å². The molecule has 31 heavy (non-hydrogen) atoms. The predicted molar refractivity (Wildman–Crippen MR) is 121 cm³/mol. The highest BCUT2D eigenvalue weighted by Gasteiger charge is 2.11. The van der Waals surface area contributed by atoms with Crippen molar-refractivity contribution < 1.29 is 9.53 Å². The van der Waals surface area contributed by atoms with E-state index in [4.69, 9.17) is 17.0 Å². The zero-order valence-corrected chi connectivity index (χ0v) is 18.1. The lowest BCUT2D eigenvalue weighted by atomic mass is 10.2. The van der Waals surface area contributed by atoms with Crippen LogP contribution in [0.2, 0.25) is 0 Å². The molecule has 0 saturated carbocycles. The fraction of sp³-hybridized carbons (Fsp3) is 0.273. The lowest BCUT2D eigenvalue weighted by Gasteiger charge is -2.08. The molecule has 0 spiro atoms. The first kappa shape index (κ1) is 20.8. The third kappa shape index (κ3) is 5.00. The van der Waals surface area contributed by atoms with Crippen LogP contribution < -0.4 is 10.1 Å². The van der Waals surface area contributed by atoms with Gasteiger partial charge in [-0.25, -0.2) is 4.98 Å². The topological polar surface area (TPSA) is 89.2 Å². The van der Waals surface area contributed by atoms with Crippen molar-refractivity contribution in [3.63, 3.8) is 0 Å². The Kier molecular flexibility index (Phi) is 6.42. The summed E-state index contributed by atoms with van der Waals surface area (Å²) in [5, 5.41) is 10.1. The molecule has 0 aliphatic heterocycles. The molecule has 4 rings (SSSR count). The van der Waals surface area contributed by atoms with Gasteiger partial charge in [-0.1, -0.05) is 6.07 Å². The number of H-pyrrole nitrogens is 1. The van der Waals surface area contributed by atoms with Crippen LogP contribution in [0.3, 0.4) is 0 Å². The molecule has 160 valence electrons. The van der Waals surface area contributed by atoms with E-state index in [9.17, 15) is 4.79 Å². The molecule has 0 aliphatic rings. The van der Waals surface area contributed by atoms with E-state index in [1.165, 1.54) is 0 Å². The molecule has 4 aromatic rings. The van der Waals surface area contributed by atoms with Gasteiger partial charge in [0, 0.05) is 43.9 Å². The van der Waals surface area contributed by atoms with Crippen LogP contribution in [-0.2, 0) is 17.8 Å². The summed E-state index contributed by atoms with van der Waals surface area (Å²) in [4.78, 5) is 16.9. The van der Waals surface area contributed by atoms with Gasteiger partial charge in [-0.2, -0.15) is 5.10 Å². The molecule has 3 aromatic heterocycles. The van der Waals surface area contributed by atoms with E-state index in [2.05, 4.69) is 20.5 Å². The zero-order valence-electron chi connectivity index (χ0n) is 17.2. The number of benzene rings is 1. The number of hydrogen-bond donors (Lipinski definition) is 2. The lowest BCUT2D eigenvalue weighted by molar-refractivity contribution is -0.121. The third-order valence-electron chi connectivity index (χ3n) is 4.86. The first-order valence-corrected chi connectivity index (χ1v) is 10.6. The summed E-state index contributed by atoms with van der Waals surface area (Å²) in [6.45, 7) is 3.54. The molecule has 9 heteroatoms. The summed E-state index contributed by atoms with van der Waals surface area (Å²) in [6.07, 6.45) is 4.93. The summed E-state index contributed by atoms with van der Waals surface area (Å²) in [5.74, 6) is 1.46. The predicted octanol–water partition coefficient (Wildman–Crippen LogP) is 3.40. The Bertz CT molecular complexity index is 1190. The maximum absolute atomic E-state index is 12.3. The molecule has 3 heterocycles. The summed E-state index contributed by atoms with van der Waals surface area (Å²) in [5.41, 5.74) is 2.75. The van der Waals surface area contributed by atoms with E-state index in [-0.39, 0.29) is 5.91 Å². The van der Waals surface area contributed by atoms with Crippen LogP contribution in [0.4, 0.5) is 0 Å². The second-order valence-electron chi connectivity index (χ2n) is 7.01. The van der Waals surface area contributed by atoms with Gasteiger partial charge in [0.2, 0.25) is 5.91 Å². The molecular weight excluding hydrogens is 412 g/mol. The van der Waals surface area contributed by atoms with Crippen molar-refractivity contribution in [3.05, 3.63) is 65.3 Å². The van der Waals surface area contributed by atoms with Gasteiger partial charge in [-0.05, 0) is 55.5 Å². The Balaban J connectivity index is 1.32. The minimum Gasteiger partial charge on any atom is -0.494 e. The molecule has 2 N–H and O–H groups in total. The lowest BCUT2D eigenvalue weighted by Crippen LogP contribution is -2.26. The standard InChI is InChI=1S/C22H24N6O2S/c1-2-30-18-8-6-16(7-9-18)21-25-26-22(31)28(21)14-11-20(29)23-12-10-17-15-27-13-4-3-5-19(27)24-17/h3-9,13,15H,2,10-12,14H2,1H3,(H,23,29)(H,26,31). The van der Waals surface area contributed by atoms with Crippen LogP contribution in [0.5, 0.6) is 5.75 Å². The average Bonchev–Trinajstić information content (AvgIpc) is 3.36. The smallest absolute Gasteiger partial charge is 0.221 e. The molecule has 0 aliphatic carbocycles. The molecule has 0 bridgehead atoms. The van der Waals surface area contributed by atoms with Crippen LogP contribution >= 0.6 is 12.2 Å². The Labute approximate surface area is 184 Å². The van der Waals surface area contributed by atoms with Gasteiger partial charge in [0.25, 0.3) is 0 Å². The van der Waals surface area contributed by atoms with Gasteiger partial charge in [0.15, 0.2) is 10.6 Å². The Morgan fingerprint density at radius 3 is 2.84 bits per heavy atom. The molecule has 0 radical (unpaired) electrons. The van der Waals surface area contributed by atoms with Gasteiger partial charge in [-0.15, -0.1) is 0 Å². The molecular formula is C22H24N6O2S. The molecule has 0 fully saturated rings. The quantitative estimate of drug-likeness (QED) is 0.393. The first-order chi connectivity index (χ1) is 15.1. The van der Waals surface area contributed by atoms with E-state index in [1.54, 1.807) is 0 Å². The number of pyridine rings is 1. The summed E-state index contributed by atoms with van der Waals surface area (Å²) >= 11 is 5.35. The highest BCUT2D eigenvalue weighted by molar-refractivity contribution is 7.71. The van der Waals surface area contributed by atoms with Crippen molar-refractivity contribution in [1.82, 2.24) is 29.5 Å². The molecule has 1 amide bonds. The number of carbonyl (C=O) groups is 1. The SMILES string of the molecule is CCOc1ccc(-c2n[nH]c(=S)n2CCC(=O)NCCc2cn3ccccc3n2)cc1. The largest absolute Gasteiger partial charge is 0.494 e. The van der Waals surface area contributed by atoms with E-state index < -0.39 is 0 Å². The Morgan fingerprint density at radius 1 is 1.23 bits per heavy atom. The second-order valence-corrected chi connectivity index (χ2v) is 7.40. The molecule has 0 atom stereocenters. The van der Waals surface area contributed by atoms with Crippen molar-refractivity contribution in [2.24, 2.45) is 0 Å². The monoisotopic (exact) mass is 436 g/mol. The number of amides is 1. The van der Waals surface area contributed by atoms with E-state index >= 15 is 0 Å². The summed E-state index contributed by atoms with van der Waals surface area (Å²) < 4.78 is 9.78. The van der Waals surface area contributed by atoms with Crippen LogP contribution in [0, 0.1) is 4.77 Å². The first-order valence-electron chi connectivity index (χ1n) is 10.2. The van der Waals surface area contributed by atoms with Crippen LogP contribution in [0.1, 0.15) is 19.0 Å². The maximum Gasteiger partial charge on any atom is 0.221 e. The molecule has 1 aromatic carbocycles. The van der Waals surface area contributed by atoms with E-state index in [0.717, 1.165) is 22.7 Å². The molecule has 0 unspecified atom stereocenters. The zero-order chi connectivity index (χ0) is 21.6. The number of ether oxygens (including phenoxy) is 1. The second kappa shape index (κ2) is 9.57. The van der Waals surface area contributed by atoms with E-state index in [1.807, 2.05) is 70.7 Å². The highest BCUT2D eigenvalue weighted by atomic mass is 32.1. The minimum absolute atomic E-state index is 0.0375. The van der Waals surface area contributed by atoms with Gasteiger partial charge in [0.1, 0.15) is 11.4 Å². The van der Waals surface area contributed by atoms with Gasteiger partial charge < -0.3 is 14.5 Å². The van der Waals surface area contributed by atoms with Gasteiger partial charge >= 0.3 is 0 Å². The Hall–Kier alpha value is -3.46. The minimum atomic E-state index is -0.0375. The van der Waals surface area contributed by atoms with Crippen LogP contribution in [0.15, 0.2) is 54.9 Å². The number of aromatic amines is 1. The van der Waals surface area contributed by atoms with Crippen LogP contribution in [0.25, 0.3) is 17.0 Å². The third-order valence-corrected chi connectivity index (χ3v) is 5.17. The number of rotatable bonds is 9. The maximum atomic E-state index is 12.3. The average molecular weight is 437 g/mol. The number of nitrogens with zero attached hydrogens (tertiary/aromatic N) is 4. The highest BCUT2D eigenvalue weighted by Crippen LogP contribution is 2.21. The fourth-order valence-electron chi connectivity index (χ4n) is 3.35. The number of hydrogen-bond acceptors (Lipinski definition) is 5. The van der Waals surface area contributed by atoms with Crippen molar-refractivity contribution in [2.75, 3.05) is 13.2 Å². The molecule has 0 saturated heterocycles. The summed E-state index contributed by atoms with van der Waals surface area (Å²) in [7, 11) is 0. The van der Waals surface area contributed by atoms with Crippen molar-refractivity contribution in [1.29, 1.82) is 0 Å². The van der Waals surface area contributed by atoms with Crippen LogP contribution in [-0.4, -0.2) is 43.2 Å². The van der Waals surface area contributed by atoms with E-state index in [0.29, 0.717) is 43.1 Å². The summed E-state index contributed by atoms with van der Waals surface area (Å²) in [6, 6.07) is 13.5. The van der Waals surface area contributed by atoms with Gasteiger partial charge in [0.05, 0.1) is 12.3 Å². The number of nitrogens with one attached hydrogen (secondary N) is 2. The van der Waals surface area contributed by atoms with Crippen molar-refractivity contribution >= 4 is 23.8 Å². The Morgan fingerprint density at radius 2 is 2.06 bits per heavy atom. The van der Waals surface area contributed by atoms with Crippen molar-refractivity contribution in [3.8, 4) is 17.1 Å². The number of carbonyl (C=O) groups excluding carboxylic acids is 1. The molecule has 8 nitrogen and oxygen atoms in total. The number of aromatic nitrogens is 5. The number of imidazole rings is 1. The number of fused-ring (bicyclic) bond motifs is 1.